The summed E-state index contributed by atoms with van der Waals surface area (Å²) in [4.78, 5) is 24.7. The standard InChI is InChI=1S/C20H17Cl2NO3/c21-15-8-6-13(17(22)12-15)7-11-18(24)26-19(14-4-2-1-3-5-14)20(25)23-16-9-10-16/h1-8,11-12,16,19H,9-10H2,(H,23,25)/b11-7+. The molecule has 26 heavy (non-hydrogen) atoms. The largest absolute Gasteiger partial charge is 0.444 e. The molecular weight excluding hydrogens is 373 g/mol. The van der Waals surface area contributed by atoms with Crippen LogP contribution in [0.25, 0.3) is 6.08 Å². The van der Waals surface area contributed by atoms with Gasteiger partial charge in [0.15, 0.2) is 0 Å². The van der Waals surface area contributed by atoms with E-state index in [0.717, 1.165) is 12.8 Å². The lowest BCUT2D eigenvalue weighted by Crippen LogP contribution is -2.33. The van der Waals surface area contributed by atoms with Crippen LogP contribution in [0.1, 0.15) is 30.1 Å². The summed E-state index contributed by atoms with van der Waals surface area (Å²) in [6.45, 7) is 0. The number of hydrogen-bond donors (Lipinski definition) is 1. The van der Waals surface area contributed by atoms with Crippen LogP contribution >= 0.6 is 23.2 Å². The molecule has 1 aliphatic carbocycles. The first kappa shape index (κ1) is 18.5. The van der Waals surface area contributed by atoms with E-state index in [0.29, 0.717) is 21.2 Å². The molecule has 1 unspecified atom stereocenters. The minimum absolute atomic E-state index is 0.177. The van der Waals surface area contributed by atoms with Crippen LogP contribution in [0.3, 0.4) is 0 Å². The lowest BCUT2D eigenvalue weighted by atomic mass is 10.1. The molecule has 1 saturated carbocycles. The molecule has 1 fully saturated rings. The molecule has 1 aliphatic rings. The van der Waals surface area contributed by atoms with Crippen molar-refractivity contribution in [2.75, 3.05) is 0 Å². The lowest BCUT2D eigenvalue weighted by Gasteiger charge is -2.17. The summed E-state index contributed by atoms with van der Waals surface area (Å²) in [6, 6.07) is 14.1. The number of hydrogen-bond acceptors (Lipinski definition) is 3. The van der Waals surface area contributed by atoms with Gasteiger partial charge in [-0.15, -0.1) is 0 Å². The number of nitrogens with one attached hydrogen (secondary N) is 1. The Morgan fingerprint density at radius 1 is 1.12 bits per heavy atom. The average molecular weight is 390 g/mol. The first-order chi connectivity index (χ1) is 12.5. The first-order valence-electron chi connectivity index (χ1n) is 8.22. The molecule has 0 saturated heterocycles. The van der Waals surface area contributed by atoms with Crippen molar-refractivity contribution in [2.45, 2.75) is 25.0 Å². The number of esters is 1. The molecule has 2 aromatic rings. The lowest BCUT2D eigenvalue weighted by molar-refractivity contribution is -0.151. The number of halogens is 2. The van der Waals surface area contributed by atoms with E-state index in [-0.39, 0.29) is 11.9 Å². The highest BCUT2D eigenvalue weighted by Crippen LogP contribution is 2.24. The van der Waals surface area contributed by atoms with E-state index in [9.17, 15) is 9.59 Å². The highest BCUT2D eigenvalue weighted by molar-refractivity contribution is 6.35. The van der Waals surface area contributed by atoms with Gasteiger partial charge in [0.1, 0.15) is 0 Å². The normalized spacial score (nSPS) is 14.8. The van der Waals surface area contributed by atoms with Gasteiger partial charge in [-0.2, -0.15) is 0 Å². The Morgan fingerprint density at radius 3 is 2.50 bits per heavy atom. The molecular formula is C20H17Cl2NO3. The number of rotatable bonds is 6. The summed E-state index contributed by atoms with van der Waals surface area (Å²) in [6.07, 6.45) is 3.69. The third kappa shape index (κ3) is 5.10. The number of ether oxygens (including phenoxy) is 1. The van der Waals surface area contributed by atoms with E-state index in [1.807, 2.05) is 6.07 Å². The summed E-state index contributed by atoms with van der Waals surface area (Å²) >= 11 is 11.9. The Balaban J connectivity index is 1.72. The molecule has 0 aliphatic heterocycles. The summed E-state index contributed by atoms with van der Waals surface area (Å²) < 4.78 is 5.41. The quantitative estimate of drug-likeness (QED) is 0.581. The summed E-state index contributed by atoms with van der Waals surface area (Å²) in [5.74, 6) is -0.944. The van der Waals surface area contributed by atoms with Crippen molar-refractivity contribution >= 4 is 41.2 Å². The Bertz CT molecular complexity index is 832. The zero-order valence-electron chi connectivity index (χ0n) is 13.8. The van der Waals surface area contributed by atoms with Gasteiger partial charge in [0.25, 0.3) is 5.91 Å². The van der Waals surface area contributed by atoms with Gasteiger partial charge in [0.05, 0.1) is 0 Å². The minimum Gasteiger partial charge on any atom is -0.444 e. The third-order valence-electron chi connectivity index (χ3n) is 3.86. The van der Waals surface area contributed by atoms with Crippen LogP contribution in [0.5, 0.6) is 0 Å². The average Bonchev–Trinajstić information content (AvgIpc) is 3.43. The predicted octanol–water partition coefficient (Wildman–Crippen LogP) is 4.57. The maximum Gasteiger partial charge on any atom is 0.331 e. The van der Waals surface area contributed by atoms with Crippen molar-refractivity contribution in [2.24, 2.45) is 0 Å². The number of carbonyl (C=O) groups is 2. The number of carbonyl (C=O) groups excluding carboxylic acids is 2. The molecule has 3 rings (SSSR count). The molecule has 1 amide bonds. The van der Waals surface area contributed by atoms with Crippen LogP contribution in [0.4, 0.5) is 0 Å². The van der Waals surface area contributed by atoms with Crippen LogP contribution in [0, 0.1) is 0 Å². The SMILES string of the molecule is O=C(/C=C/c1ccc(Cl)cc1Cl)OC(C(=O)NC1CC1)c1ccccc1. The molecule has 6 heteroatoms. The van der Waals surface area contributed by atoms with E-state index in [2.05, 4.69) is 5.32 Å². The highest BCUT2D eigenvalue weighted by atomic mass is 35.5. The van der Waals surface area contributed by atoms with Crippen molar-refractivity contribution < 1.29 is 14.3 Å². The van der Waals surface area contributed by atoms with Crippen molar-refractivity contribution in [1.82, 2.24) is 5.32 Å². The predicted molar refractivity (Wildman–Crippen MR) is 102 cm³/mol. The molecule has 134 valence electrons. The first-order valence-corrected chi connectivity index (χ1v) is 8.97. The second-order valence-corrected chi connectivity index (χ2v) is 6.85. The number of amides is 1. The summed E-state index contributed by atoms with van der Waals surface area (Å²) in [5, 5.41) is 3.80. The van der Waals surface area contributed by atoms with Gasteiger partial charge in [-0.3, -0.25) is 4.79 Å². The van der Waals surface area contributed by atoms with Crippen LogP contribution < -0.4 is 5.32 Å². The Labute approximate surface area is 161 Å². The molecule has 4 nitrogen and oxygen atoms in total. The van der Waals surface area contributed by atoms with Crippen LogP contribution in [0.2, 0.25) is 10.0 Å². The van der Waals surface area contributed by atoms with Crippen LogP contribution in [0.15, 0.2) is 54.6 Å². The van der Waals surface area contributed by atoms with Gasteiger partial charge < -0.3 is 10.1 Å². The fraction of sp³-hybridized carbons (Fsp3) is 0.200. The highest BCUT2D eigenvalue weighted by Gasteiger charge is 2.30. The zero-order valence-corrected chi connectivity index (χ0v) is 15.3. The summed E-state index contributed by atoms with van der Waals surface area (Å²) in [5.41, 5.74) is 1.25. The monoisotopic (exact) mass is 389 g/mol. The van der Waals surface area contributed by atoms with Gasteiger partial charge in [-0.25, -0.2) is 4.79 Å². The fourth-order valence-corrected chi connectivity index (χ4v) is 2.83. The number of benzene rings is 2. The van der Waals surface area contributed by atoms with Crippen LogP contribution in [-0.2, 0) is 14.3 Å². The van der Waals surface area contributed by atoms with Crippen molar-refractivity contribution in [3.8, 4) is 0 Å². The smallest absolute Gasteiger partial charge is 0.331 e. The molecule has 0 bridgehead atoms. The fourth-order valence-electron chi connectivity index (χ4n) is 2.36. The van der Waals surface area contributed by atoms with Gasteiger partial charge in [0.2, 0.25) is 6.10 Å². The maximum absolute atomic E-state index is 12.4. The molecule has 0 spiro atoms. The molecule has 1 atom stereocenters. The zero-order chi connectivity index (χ0) is 18.5. The van der Waals surface area contributed by atoms with Gasteiger partial charge in [0, 0.05) is 27.7 Å². The van der Waals surface area contributed by atoms with E-state index in [1.54, 1.807) is 42.5 Å². The molecule has 1 N–H and O–H groups in total. The molecule has 0 aromatic heterocycles. The Hall–Kier alpha value is -2.30. The van der Waals surface area contributed by atoms with Gasteiger partial charge in [-0.1, -0.05) is 59.6 Å². The van der Waals surface area contributed by atoms with Gasteiger partial charge >= 0.3 is 5.97 Å². The minimum atomic E-state index is -0.991. The Kier molecular flexibility index (Phi) is 5.96. The maximum atomic E-state index is 12.4. The topological polar surface area (TPSA) is 55.4 Å². The summed E-state index contributed by atoms with van der Waals surface area (Å²) in [7, 11) is 0. The van der Waals surface area contributed by atoms with E-state index >= 15 is 0 Å². The second kappa shape index (κ2) is 8.39. The van der Waals surface area contributed by atoms with E-state index in [4.69, 9.17) is 27.9 Å². The Morgan fingerprint density at radius 2 is 1.85 bits per heavy atom. The van der Waals surface area contributed by atoms with E-state index in [1.165, 1.54) is 12.2 Å². The second-order valence-electron chi connectivity index (χ2n) is 6.01. The van der Waals surface area contributed by atoms with Gasteiger partial charge in [-0.05, 0) is 36.6 Å². The van der Waals surface area contributed by atoms with Crippen LogP contribution in [-0.4, -0.2) is 17.9 Å². The van der Waals surface area contributed by atoms with E-state index < -0.39 is 12.1 Å². The third-order valence-corrected chi connectivity index (χ3v) is 4.42. The van der Waals surface area contributed by atoms with Crippen molar-refractivity contribution in [3.63, 3.8) is 0 Å². The molecule has 2 aromatic carbocycles. The molecule has 0 heterocycles. The van der Waals surface area contributed by atoms with Crippen molar-refractivity contribution in [3.05, 3.63) is 75.8 Å². The molecule has 0 radical (unpaired) electrons. The van der Waals surface area contributed by atoms with Crippen molar-refractivity contribution in [1.29, 1.82) is 0 Å².